The first kappa shape index (κ1) is 14.1. The average Bonchev–Trinajstić information content (AvgIpc) is 2.17. The van der Waals surface area contributed by atoms with Crippen molar-refractivity contribution in [3.63, 3.8) is 0 Å². The van der Waals surface area contributed by atoms with Crippen LogP contribution in [0.1, 0.15) is 19.8 Å². The predicted molar refractivity (Wildman–Crippen MR) is 43.8 cm³/mol. The Labute approximate surface area is 81.9 Å². The fourth-order valence-corrected chi connectivity index (χ4v) is 1.16. The molecule has 67 valence electrons. The van der Waals surface area contributed by atoms with Gasteiger partial charge in [0.15, 0.2) is 0 Å². The van der Waals surface area contributed by atoms with Crippen molar-refractivity contribution in [2.45, 2.75) is 25.3 Å². The van der Waals surface area contributed by atoms with Crippen LogP contribution in [0.5, 0.6) is 0 Å². The Bertz CT molecular complexity index is 96.1. The molecule has 1 aliphatic rings. The van der Waals surface area contributed by atoms with Crippen molar-refractivity contribution in [2.75, 3.05) is 20.7 Å². The van der Waals surface area contributed by atoms with Crippen LogP contribution in [0, 0.1) is 6.92 Å². The Kier molecular flexibility index (Phi) is 7.75. The number of aliphatic hydroxyl groups is 1. The van der Waals surface area contributed by atoms with Crippen LogP contribution in [0.15, 0.2) is 0 Å². The van der Waals surface area contributed by atoms with Gasteiger partial charge in [0, 0.05) is 25.7 Å². The third kappa shape index (κ3) is 4.17. The largest absolute Gasteiger partial charge is 0.400 e. The molecule has 1 atom stereocenters. The summed E-state index contributed by atoms with van der Waals surface area (Å²) in [7, 11) is 3.14. The van der Waals surface area contributed by atoms with Crippen LogP contribution < -0.4 is 0 Å². The minimum Gasteiger partial charge on any atom is -0.400 e. The molecule has 1 radical (unpaired) electrons. The monoisotopic (exact) mass is 195 g/mol. The molecule has 1 aliphatic heterocycles. The van der Waals surface area contributed by atoms with E-state index in [1.54, 1.807) is 0 Å². The molecular weight excluding hydrogens is 177 g/mol. The van der Waals surface area contributed by atoms with Gasteiger partial charge < -0.3 is 16.9 Å². The van der Waals surface area contributed by atoms with E-state index >= 15 is 0 Å². The number of aliphatic hydroxyl groups excluding tert-OH is 1. The van der Waals surface area contributed by atoms with E-state index in [0.29, 0.717) is 0 Å². The van der Waals surface area contributed by atoms with Crippen molar-refractivity contribution >= 4 is 0 Å². The second kappa shape index (κ2) is 6.07. The molecule has 0 spiro atoms. The van der Waals surface area contributed by atoms with E-state index in [2.05, 4.69) is 25.8 Å². The molecule has 0 aliphatic carbocycles. The van der Waals surface area contributed by atoms with Gasteiger partial charge in [0.25, 0.3) is 0 Å². The molecule has 0 aromatic rings. The van der Waals surface area contributed by atoms with Crippen molar-refractivity contribution in [3.8, 4) is 0 Å². The Morgan fingerprint density at radius 3 is 2.00 bits per heavy atom. The molecule has 1 rings (SSSR count). The standard InChI is InChI=1S/C7H14N.CH4O.V/c1-7(2)5-4-6-8(7)3;1-2;/h1,4-6H2,2-3H3;2H,1H3;/q-1;;. The molecule has 1 fully saturated rings. The smallest absolute Gasteiger partial charge is 0.0319 e. The van der Waals surface area contributed by atoms with E-state index in [0.717, 1.165) is 7.11 Å². The van der Waals surface area contributed by atoms with E-state index < -0.39 is 0 Å². The number of hydrogen-bond acceptors (Lipinski definition) is 2. The van der Waals surface area contributed by atoms with Gasteiger partial charge >= 0.3 is 0 Å². The van der Waals surface area contributed by atoms with E-state index in [1.807, 2.05) is 0 Å². The van der Waals surface area contributed by atoms with Crippen molar-refractivity contribution < 1.29 is 23.7 Å². The minimum atomic E-state index is 0. The number of nitrogens with zero attached hydrogens (tertiary/aromatic N) is 1. The topological polar surface area (TPSA) is 23.5 Å². The SMILES string of the molecule is CO.[CH2-]C1(C)CCCN1C.[V]. The van der Waals surface area contributed by atoms with Gasteiger partial charge in [-0.1, -0.05) is 13.3 Å². The van der Waals surface area contributed by atoms with E-state index in [4.69, 9.17) is 5.11 Å². The van der Waals surface area contributed by atoms with Crippen LogP contribution in [0.4, 0.5) is 0 Å². The molecule has 0 amide bonds. The van der Waals surface area contributed by atoms with Crippen LogP contribution >= 0.6 is 0 Å². The van der Waals surface area contributed by atoms with Gasteiger partial charge in [-0.2, -0.15) is 0 Å². The van der Waals surface area contributed by atoms with Crippen LogP contribution in [0.2, 0.25) is 0 Å². The summed E-state index contributed by atoms with van der Waals surface area (Å²) in [5.41, 5.74) is 0.236. The van der Waals surface area contributed by atoms with Crippen LogP contribution in [-0.4, -0.2) is 36.2 Å². The van der Waals surface area contributed by atoms with Gasteiger partial charge in [-0.05, 0) is 20.0 Å². The first-order valence-corrected chi connectivity index (χ1v) is 3.64. The summed E-state index contributed by atoms with van der Waals surface area (Å²) >= 11 is 0. The minimum absolute atomic E-state index is 0. The molecule has 0 bridgehead atoms. The fourth-order valence-electron chi connectivity index (χ4n) is 1.16. The summed E-state index contributed by atoms with van der Waals surface area (Å²) in [6.07, 6.45) is 2.57. The van der Waals surface area contributed by atoms with Crippen molar-refractivity contribution in [3.05, 3.63) is 6.92 Å². The molecule has 0 aromatic carbocycles. The Morgan fingerprint density at radius 2 is 1.91 bits per heavy atom. The van der Waals surface area contributed by atoms with Gasteiger partial charge in [-0.25, -0.2) is 0 Å². The number of hydrogen-bond donors (Lipinski definition) is 1. The van der Waals surface area contributed by atoms with Crippen molar-refractivity contribution in [1.82, 2.24) is 4.90 Å². The van der Waals surface area contributed by atoms with E-state index in [9.17, 15) is 0 Å². The Balaban J connectivity index is 0. The van der Waals surface area contributed by atoms with Crippen molar-refractivity contribution in [1.29, 1.82) is 0 Å². The summed E-state index contributed by atoms with van der Waals surface area (Å²) in [6, 6.07) is 0. The first-order valence-electron chi connectivity index (χ1n) is 3.64. The molecule has 1 N–H and O–H groups in total. The average molecular weight is 195 g/mol. The Morgan fingerprint density at radius 1 is 1.45 bits per heavy atom. The summed E-state index contributed by atoms with van der Waals surface area (Å²) < 4.78 is 0. The zero-order chi connectivity index (χ0) is 8.20. The number of likely N-dealkylation sites (tertiary alicyclic amines) is 1. The second-order valence-electron chi connectivity index (χ2n) is 3.02. The van der Waals surface area contributed by atoms with Gasteiger partial charge in [-0.3, -0.25) is 0 Å². The Hall–Kier alpha value is 0.504. The zero-order valence-electron chi connectivity index (χ0n) is 7.67. The van der Waals surface area contributed by atoms with Gasteiger partial charge in [0.05, 0.1) is 0 Å². The molecule has 1 saturated heterocycles. The summed E-state index contributed by atoms with van der Waals surface area (Å²) in [6.45, 7) is 7.49. The normalized spacial score (nSPS) is 30.3. The van der Waals surface area contributed by atoms with Crippen LogP contribution in [-0.2, 0) is 18.6 Å². The summed E-state index contributed by atoms with van der Waals surface area (Å²) in [5, 5.41) is 7.00. The van der Waals surface area contributed by atoms with E-state index in [-0.39, 0.29) is 24.1 Å². The summed E-state index contributed by atoms with van der Waals surface area (Å²) in [4.78, 5) is 2.31. The third-order valence-corrected chi connectivity index (χ3v) is 2.13. The second-order valence-corrected chi connectivity index (χ2v) is 3.02. The molecule has 3 heteroatoms. The zero-order valence-corrected chi connectivity index (χ0v) is 9.07. The fraction of sp³-hybridized carbons (Fsp3) is 0.875. The van der Waals surface area contributed by atoms with Gasteiger partial charge in [0.1, 0.15) is 0 Å². The summed E-state index contributed by atoms with van der Waals surface area (Å²) in [5.74, 6) is 0. The molecule has 1 unspecified atom stereocenters. The molecule has 1 heterocycles. The van der Waals surface area contributed by atoms with Crippen LogP contribution in [0.25, 0.3) is 0 Å². The molecule has 2 nitrogen and oxygen atoms in total. The molecular formula is C8H18NOV-. The van der Waals surface area contributed by atoms with Gasteiger partial charge in [0.2, 0.25) is 0 Å². The van der Waals surface area contributed by atoms with Crippen LogP contribution in [0.3, 0.4) is 0 Å². The third-order valence-electron chi connectivity index (χ3n) is 2.13. The van der Waals surface area contributed by atoms with Crippen molar-refractivity contribution in [2.24, 2.45) is 0 Å². The number of rotatable bonds is 0. The molecule has 0 aromatic heterocycles. The maximum atomic E-state index is 7.00. The molecule has 0 saturated carbocycles. The maximum absolute atomic E-state index is 7.00. The quantitative estimate of drug-likeness (QED) is 0.581. The molecule has 11 heavy (non-hydrogen) atoms. The van der Waals surface area contributed by atoms with E-state index in [1.165, 1.54) is 19.4 Å². The first-order chi connectivity index (χ1) is 4.63. The van der Waals surface area contributed by atoms with Gasteiger partial charge in [-0.15, -0.1) is 5.54 Å². The maximum Gasteiger partial charge on any atom is 0.0319 e. The predicted octanol–water partition coefficient (Wildman–Crippen LogP) is 0.911.